The van der Waals surface area contributed by atoms with Crippen LogP contribution in [0.5, 0.6) is 0 Å². The minimum Gasteiger partial charge on any atom is -0.480 e. The van der Waals surface area contributed by atoms with Gasteiger partial charge in [-0.05, 0) is 28.2 Å². The van der Waals surface area contributed by atoms with Crippen molar-refractivity contribution in [3.05, 3.63) is 59.7 Å². The van der Waals surface area contributed by atoms with Crippen LogP contribution in [-0.2, 0) is 14.3 Å². The van der Waals surface area contributed by atoms with E-state index in [1.165, 1.54) is 0 Å². The second-order valence-electron chi connectivity index (χ2n) is 8.21. The Morgan fingerprint density at radius 1 is 1.06 bits per heavy atom. The van der Waals surface area contributed by atoms with Gasteiger partial charge in [-0.1, -0.05) is 68.8 Å². The molecule has 0 spiro atoms. The van der Waals surface area contributed by atoms with Gasteiger partial charge in [0.15, 0.2) is 0 Å². The van der Waals surface area contributed by atoms with E-state index in [4.69, 9.17) is 9.84 Å². The fourth-order valence-corrected chi connectivity index (χ4v) is 4.20. The van der Waals surface area contributed by atoms with E-state index < -0.39 is 30.6 Å². The van der Waals surface area contributed by atoms with Gasteiger partial charge in [-0.15, -0.1) is 0 Å². The van der Waals surface area contributed by atoms with Crippen molar-refractivity contribution in [2.45, 2.75) is 32.2 Å². The van der Waals surface area contributed by atoms with Gasteiger partial charge >= 0.3 is 12.1 Å². The van der Waals surface area contributed by atoms with Crippen molar-refractivity contribution >= 4 is 18.0 Å². The highest BCUT2D eigenvalue weighted by Crippen LogP contribution is 2.44. The molecule has 0 bridgehead atoms. The van der Waals surface area contributed by atoms with Gasteiger partial charge in [0.25, 0.3) is 0 Å². The number of carboxylic acid groups (broad SMARTS) is 1. The zero-order valence-electron chi connectivity index (χ0n) is 18.9. The normalized spacial score (nSPS) is 14.0. The van der Waals surface area contributed by atoms with Crippen LogP contribution in [0.25, 0.3) is 11.1 Å². The lowest BCUT2D eigenvalue weighted by atomic mass is 9.97. The van der Waals surface area contributed by atoms with Crippen LogP contribution in [0.1, 0.15) is 37.3 Å². The van der Waals surface area contributed by atoms with Gasteiger partial charge in [-0.3, -0.25) is 9.59 Å². The molecule has 0 aliphatic heterocycles. The van der Waals surface area contributed by atoms with Crippen molar-refractivity contribution in [1.82, 2.24) is 10.2 Å². The average Bonchev–Trinajstić information content (AvgIpc) is 3.13. The van der Waals surface area contributed by atoms with Crippen LogP contribution in [0.2, 0.25) is 0 Å². The van der Waals surface area contributed by atoms with Gasteiger partial charge in [0.2, 0.25) is 5.91 Å². The third-order valence-corrected chi connectivity index (χ3v) is 6.10. The third kappa shape index (κ3) is 5.51. The molecule has 33 heavy (non-hydrogen) atoms. The summed E-state index contributed by atoms with van der Waals surface area (Å²) in [5.74, 6) is -2.12. The van der Waals surface area contributed by atoms with Crippen molar-refractivity contribution in [2.75, 3.05) is 26.3 Å². The summed E-state index contributed by atoms with van der Waals surface area (Å²) < 4.78 is 5.55. The van der Waals surface area contributed by atoms with E-state index in [9.17, 15) is 19.5 Å². The number of carbonyl (C=O) groups is 3. The summed E-state index contributed by atoms with van der Waals surface area (Å²) in [6.45, 7) is 2.71. The van der Waals surface area contributed by atoms with Crippen LogP contribution >= 0.6 is 0 Å². The molecule has 2 atom stereocenters. The molecule has 3 rings (SSSR count). The first-order chi connectivity index (χ1) is 15.9. The Labute approximate surface area is 193 Å². The number of carboxylic acids is 1. The molecular formula is C25H30N2O6. The van der Waals surface area contributed by atoms with Crippen molar-refractivity contribution < 1.29 is 29.3 Å². The standard InChI is InChI=1S/C25H30N2O6/c1-3-16(2)23(24(31)27(12-13-28)14-22(29)30)26-25(32)33-15-21-19-10-6-4-8-17(19)18-9-5-7-11-20(18)21/h4-11,16,21,23,28H,3,12-15H2,1-2H3,(H,26,32)(H,29,30)/t16?,23-/m0/s1. The Balaban J connectivity index is 1.71. The van der Waals surface area contributed by atoms with Gasteiger partial charge in [-0.2, -0.15) is 0 Å². The molecule has 2 amide bonds. The number of nitrogens with zero attached hydrogens (tertiary/aromatic N) is 1. The number of aliphatic hydroxyl groups is 1. The SMILES string of the molecule is CCC(C)[C@H](NC(=O)OCC1c2ccccc2-c2ccccc21)C(=O)N(CCO)CC(=O)O. The number of amides is 2. The fraction of sp³-hybridized carbons (Fsp3) is 0.400. The lowest BCUT2D eigenvalue weighted by Crippen LogP contribution is -2.53. The van der Waals surface area contributed by atoms with E-state index in [1.54, 1.807) is 6.92 Å². The van der Waals surface area contributed by atoms with Gasteiger partial charge in [-0.25, -0.2) is 4.79 Å². The number of fused-ring (bicyclic) bond motifs is 3. The van der Waals surface area contributed by atoms with Crippen LogP contribution in [0.4, 0.5) is 4.79 Å². The Morgan fingerprint density at radius 2 is 1.64 bits per heavy atom. The van der Waals surface area contributed by atoms with Crippen LogP contribution in [0, 0.1) is 5.92 Å². The highest BCUT2D eigenvalue weighted by atomic mass is 16.5. The van der Waals surface area contributed by atoms with E-state index >= 15 is 0 Å². The molecule has 2 aromatic carbocycles. The molecule has 176 valence electrons. The zero-order chi connectivity index (χ0) is 24.0. The second kappa shape index (κ2) is 11.0. The second-order valence-corrected chi connectivity index (χ2v) is 8.21. The number of benzene rings is 2. The lowest BCUT2D eigenvalue weighted by Gasteiger charge is -2.29. The molecule has 0 radical (unpaired) electrons. The molecule has 8 heteroatoms. The van der Waals surface area contributed by atoms with Crippen LogP contribution in [-0.4, -0.2) is 65.4 Å². The number of hydrogen-bond donors (Lipinski definition) is 3. The number of alkyl carbamates (subject to hydrolysis) is 1. The van der Waals surface area contributed by atoms with E-state index in [1.807, 2.05) is 55.5 Å². The highest BCUT2D eigenvalue weighted by Gasteiger charge is 2.33. The maximum Gasteiger partial charge on any atom is 0.407 e. The number of rotatable bonds is 10. The Kier molecular flexibility index (Phi) is 8.06. The largest absolute Gasteiger partial charge is 0.480 e. The quantitative estimate of drug-likeness (QED) is 0.508. The smallest absolute Gasteiger partial charge is 0.407 e. The molecule has 0 heterocycles. The number of aliphatic carboxylic acids is 1. The van der Waals surface area contributed by atoms with Crippen molar-refractivity contribution in [3.63, 3.8) is 0 Å². The van der Waals surface area contributed by atoms with Crippen LogP contribution < -0.4 is 5.32 Å². The minimum absolute atomic E-state index is 0.108. The van der Waals surface area contributed by atoms with Crippen molar-refractivity contribution in [1.29, 1.82) is 0 Å². The molecule has 2 aromatic rings. The van der Waals surface area contributed by atoms with Crippen molar-refractivity contribution in [2.24, 2.45) is 5.92 Å². The Morgan fingerprint density at radius 3 is 2.15 bits per heavy atom. The number of carbonyl (C=O) groups excluding carboxylic acids is 2. The molecule has 0 aromatic heterocycles. The number of aliphatic hydroxyl groups excluding tert-OH is 1. The summed E-state index contributed by atoms with van der Waals surface area (Å²) >= 11 is 0. The van der Waals surface area contributed by atoms with E-state index in [0.717, 1.165) is 27.2 Å². The van der Waals surface area contributed by atoms with Gasteiger partial charge in [0.05, 0.1) is 6.61 Å². The van der Waals surface area contributed by atoms with Crippen LogP contribution in [0.15, 0.2) is 48.5 Å². The topological polar surface area (TPSA) is 116 Å². The monoisotopic (exact) mass is 454 g/mol. The predicted octanol–water partition coefficient (Wildman–Crippen LogP) is 2.85. The summed E-state index contributed by atoms with van der Waals surface area (Å²) in [5.41, 5.74) is 4.39. The Bertz CT molecular complexity index is 962. The molecule has 0 saturated heterocycles. The van der Waals surface area contributed by atoms with Gasteiger partial charge in [0, 0.05) is 12.5 Å². The number of hydrogen-bond acceptors (Lipinski definition) is 5. The molecule has 1 aliphatic carbocycles. The first-order valence-electron chi connectivity index (χ1n) is 11.1. The molecule has 8 nitrogen and oxygen atoms in total. The molecular weight excluding hydrogens is 424 g/mol. The minimum atomic E-state index is -1.19. The average molecular weight is 455 g/mol. The summed E-state index contributed by atoms with van der Waals surface area (Å²) in [5, 5.41) is 20.9. The van der Waals surface area contributed by atoms with E-state index in [2.05, 4.69) is 5.32 Å². The summed E-state index contributed by atoms with van der Waals surface area (Å²) in [4.78, 5) is 37.8. The maximum absolute atomic E-state index is 13.0. The molecule has 1 aliphatic rings. The zero-order valence-corrected chi connectivity index (χ0v) is 18.9. The molecule has 1 unspecified atom stereocenters. The summed E-state index contributed by atoms with van der Waals surface area (Å²) in [6.07, 6.45) is -0.158. The summed E-state index contributed by atoms with van der Waals surface area (Å²) in [6, 6.07) is 15.0. The summed E-state index contributed by atoms with van der Waals surface area (Å²) in [7, 11) is 0. The molecule has 0 saturated carbocycles. The molecule has 3 N–H and O–H groups in total. The fourth-order valence-electron chi connectivity index (χ4n) is 4.20. The van der Waals surface area contributed by atoms with E-state index in [-0.39, 0.29) is 31.6 Å². The number of nitrogens with one attached hydrogen (secondary N) is 1. The first kappa shape index (κ1) is 24.3. The Hall–Kier alpha value is -3.39. The van der Waals surface area contributed by atoms with Crippen molar-refractivity contribution in [3.8, 4) is 11.1 Å². The lowest BCUT2D eigenvalue weighted by molar-refractivity contribution is -0.146. The van der Waals surface area contributed by atoms with E-state index in [0.29, 0.717) is 6.42 Å². The predicted molar refractivity (Wildman–Crippen MR) is 123 cm³/mol. The third-order valence-electron chi connectivity index (χ3n) is 6.10. The maximum atomic E-state index is 13.0. The number of ether oxygens (including phenoxy) is 1. The van der Waals surface area contributed by atoms with Gasteiger partial charge in [0.1, 0.15) is 19.2 Å². The first-order valence-corrected chi connectivity index (χ1v) is 11.1. The highest BCUT2D eigenvalue weighted by molar-refractivity contribution is 5.88. The van der Waals surface area contributed by atoms with Gasteiger partial charge < -0.3 is 25.2 Å². The van der Waals surface area contributed by atoms with Crippen LogP contribution in [0.3, 0.4) is 0 Å². The molecule has 0 fully saturated rings.